The van der Waals surface area contributed by atoms with E-state index in [2.05, 4.69) is 16.5 Å². The normalized spacial score (nSPS) is 19.5. The van der Waals surface area contributed by atoms with Gasteiger partial charge in [-0.3, -0.25) is 9.69 Å². The van der Waals surface area contributed by atoms with Crippen molar-refractivity contribution in [3.05, 3.63) is 24.4 Å². The summed E-state index contributed by atoms with van der Waals surface area (Å²) >= 11 is 0. The minimum atomic E-state index is 0.0301. The van der Waals surface area contributed by atoms with Crippen LogP contribution in [0.25, 0.3) is 0 Å². The van der Waals surface area contributed by atoms with Crippen LogP contribution in [0.2, 0.25) is 0 Å². The van der Waals surface area contributed by atoms with Crippen LogP contribution in [-0.4, -0.2) is 29.5 Å². The molecule has 1 unspecified atom stereocenters. The van der Waals surface area contributed by atoms with E-state index in [1.165, 1.54) is 0 Å². The molecule has 1 atom stereocenters. The van der Waals surface area contributed by atoms with Gasteiger partial charge in [0, 0.05) is 30.6 Å². The van der Waals surface area contributed by atoms with Crippen molar-refractivity contribution in [2.45, 2.75) is 13.3 Å². The maximum absolute atomic E-state index is 11.8. The van der Waals surface area contributed by atoms with Gasteiger partial charge in [0.1, 0.15) is 0 Å². The van der Waals surface area contributed by atoms with Crippen molar-refractivity contribution >= 4 is 11.9 Å². The van der Waals surface area contributed by atoms with E-state index in [1.807, 2.05) is 6.92 Å². The Morgan fingerprint density at radius 1 is 1.59 bits per heavy atom. The Morgan fingerprint density at radius 2 is 2.35 bits per heavy atom. The highest BCUT2D eigenvalue weighted by molar-refractivity contribution is 5.94. The van der Waals surface area contributed by atoms with Crippen LogP contribution in [0.1, 0.15) is 12.1 Å². The Morgan fingerprint density at radius 3 is 2.94 bits per heavy atom. The smallest absolute Gasteiger partial charge is 0.235 e. The lowest BCUT2D eigenvalue weighted by atomic mass is 10.1. The third kappa shape index (κ3) is 2.27. The molecule has 0 aromatic carbocycles. The van der Waals surface area contributed by atoms with Crippen LogP contribution >= 0.6 is 0 Å². The Hall–Kier alpha value is -1.91. The summed E-state index contributed by atoms with van der Waals surface area (Å²) in [4.78, 5) is 21.9. The second-order valence-corrected chi connectivity index (χ2v) is 4.06. The van der Waals surface area contributed by atoms with Gasteiger partial charge in [0.25, 0.3) is 0 Å². The maximum atomic E-state index is 11.8. The zero-order valence-electron chi connectivity index (χ0n) is 10.0. The molecule has 5 nitrogen and oxygen atoms in total. The van der Waals surface area contributed by atoms with Crippen molar-refractivity contribution in [2.24, 2.45) is 5.92 Å². The highest BCUT2D eigenvalue weighted by Gasteiger charge is 2.30. The topological polar surface area (TPSA) is 55.3 Å². The standard InChI is InChI=1S/C12H15N3O2/c1-4-9-6-11(16)15(7-9)12-13-8(2)5-10(14-12)17-3/h4-5,9H,1,6-7H2,2-3H3. The molecule has 1 aliphatic heterocycles. The highest BCUT2D eigenvalue weighted by Crippen LogP contribution is 2.24. The molecule has 1 aromatic heterocycles. The Balaban J connectivity index is 2.31. The summed E-state index contributed by atoms with van der Waals surface area (Å²) in [6.45, 7) is 6.15. The number of ether oxygens (including phenoxy) is 1. The zero-order valence-corrected chi connectivity index (χ0v) is 10.0. The molecule has 0 aliphatic carbocycles. The summed E-state index contributed by atoms with van der Waals surface area (Å²) in [5.41, 5.74) is 0.779. The third-order valence-electron chi connectivity index (χ3n) is 2.76. The number of aromatic nitrogens is 2. The molecule has 1 aromatic rings. The molecule has 2 rings (SSSR count). The Kier molecular flexibility index (Phi) is 3.08. The minimum Gasteiger partial charge on any atom is -0.481 e. The summed E-state index contributed by atoms with van der Waals surface area (Å²) in [5, 5.41) is 0. The average molecular weight is 233 g/mol. The number of aryl methyl sites for hydroxylation is 1. The Bertz CT molecular complexity index is 459. The first-order valence-corrected chi connectivity index (χ1v) is 5.46. The minimum absolute atomic E-state index is 0.0301. The number of methoxy groups -OCH3 is 1. The molecule has 5 heteroatoms. The fourth-order valence-electron chi connectivity index (χ4n) is 1.84. The van der Waals surface area contributed by atoms with Crippen molar-refractivity contribution in [1.82, 2.24) is 9.97 Å². The number of rotatable bonds is 3. The molecule has 0 radical (unpaired) electrons. The van der Waals surface area contributed by atoms with E-state index in [9.17, 15) is 4.79 Å². The molecule has 1 saturated heterocycles. The monoisotopic (exact) mass is 233 g/mol. The second kappa shape index (κ2) is 4.53. The summed E-state index contributed by atoms with van der Waals surface area (Å²) in [6.07, 6.45) is 2.27. The third-order valence-corrected chi connectivity index (χ3v) is 2.76. The number of hydrogen-bond acceptors (Lipinski definition) is 4. The molecular formula is C12H15N3O2. The molecule has 0 bridgehead atoms. The first kappa shape index (κ1) is 11.6. The highest BCUT2D eigenvalue weighted by atomic mass is 16.5. The zero-order chi connectivity index (χ0) is 12.4. The van der Waals surface area contributed by atoms with E-state index in [1.54, 1.807) is 24.2 Å². The van der Waals surface area contributed by atoms with E-state index in [4.69, 9.17) is 4.74 Å². The molecular weight excluding hydrogens is 218 g/mol. The molecule has 0 N–H and O–H groups in total. The van der Waals surface area contributed by atoms with Gasteiger partial charge in [-0.15, -0.1) is 6.58 Å². The number of anilines is 1. The first-order chi connectivity index (χ1) is 8.13. The average Bonchev–Trinajstić information content (AvgIpc) is 2.69. The quantitative estimate of drug-likeness (QED) is 0.739. The summed E-state index contributed by atoms with van der Waals surface area (Å²) in [5.74, 6) is 1.10. The fourth-order valence-corrected chi connectivity index (χ4v) is 1.84. The van der Waals surface area contributed by atoms with Gasteiger partial charge >= 0.3 is 0 Å². The van der Waals surface area contributed by atoms with Crippen LogP contribution in [0.15, 0.2) is 18.7 Å². The molecule has 17 heavy (non-hydrogen) atoms. The van der Waals surface area contributed by atoms with Crippen molar-refractivity contribution in [1.29, 1.82) is 0 Å². The number of amides is 1. The predicted octanol–water partition coefficient (Wildman–Crippen LogP) is 1.33. The first-order valence-electron chi connectivity index (χ1n) is 5.46. The lowest BCUT2D eigenvalue weighted by Gasteiger charge is -2.14. The Labute approximate surface area is 100 Å². The molecule has 90 valence electrons. The van der Waals surface area contributed by atoms with Crippen LogP contribution in [-0.2, 0) is 4.79 Å². The van der Waals surface area contributed by atoms with Crippen LogP contribution in [0.5, 0.6) is 5.88 Å². The fraction of sp³-hybridized carbons (Fsp3) is 0.417. The number of hydrogen-bond donors (Lipinski definition) is 0. The van der Waals surface area contributed by atoms with Crippen molar-refractivity contribution < 1.29 is 9.53 Å². The molecule has 0 saturated carbocycles. The lowest BCUT2D eigenvalue weighted by Crippen LogP contribution is -2.26. The largest absolute Gasteiger partial charge is 0.481 e. The van der Waals surface area contributed by atoms with E-state index < -0.39 is 0 Å². The lowest BCUT2D eigenvalue weighted by molar-refractivity contribution is -0.117. The van der Waals surface area contributed by atoms with Crippen LogP contribution in [0.4, 0.5) is 5.95 Å². The van der Waals surface area contributed by atoms with E-state index >= 15 is 0 Å². The number of carbonyl (C=O) groups is 1. The van der Waals surface area contributed by atoms with Crippen molar-refractivity contribution in [3.63, 3.8) is 0 Å². The molecule has 0 spiro atoms. The van der Waals surface area contributed by atoms with E-state index in [0.29, 0.717) is 24.8 Å². The van der Waals surface area contributed by atoms with Gasteiger partial charge in [0.15, 0.2) is 0 Å². The van der Waals surface area contributed by atoms with Gasteiger partial charge in [-0.1, -0.05) is 6.08 Å². The summed E-state index contributed by atoms with van der Waals surface area (Å²) in [7, 11) is 1.55. The van der Waals surface area contributed by atoms with Gasteiger partial charge < -0.3 is 4.74 Å². The van der Waals surface area contributed by atoms with E-state index in [0.717, 1.165) is 5.69 Å². The van der Waals surface area contributed by atoms with Crippen LogP contribution in [0.3, 0.4) is 0 Å². The molecule has 2 heterocycles. The van der Waals surface area contributed by atoms with Crippen molar-refractivity contribution in [2.75, 3.05) is 18.6 Å². The maximum Gasteiger partial charge on any atom is 0.235 e. The SMILES string of the molecule is C=CC1CC(=O)N(c2nc(C)cc(OC)n2)C1. The number of carbonyl (C=O) groups excluding carboxylic acids is 1. The predicted molar refractivity (Wildman–Crippen MR) is 64.0 cm³/mol. The van der Waals surface area contributed by atoms with Gasteiger partial charge in [-0.25, -0.2) is 4.98 Å². The summed E-state index contributed by atoms with van der Waals surface area (Å²) in [6, 6.07) is 1.73. The van der Waals surface area contributed by atoms with Crippen molar-refractivity contribution in [3.8, 4) is 5.88 Å². The van der Waals surface area contributed by atoms with Gasteiger partial charge in [-0.05, 0) is 6.92 Å². The van der Waals surface area contributed by atoms with Gasteiger partial charge in [0.2, 0.25) is 17.7 Å². The molecule has 1 aliphatic rings. The van der Waals surface area contributed by atoms with Crippen LogP contribution < -0.4 is 9.64 Å². The van der Waals surface area contributed by atoms with Gasteiger partial charge in [-0.2, -0.15) is 4.98 Å². The second-order valence-electron chi connectivity index (χ2n) is 4.06. The van der Waals surface area contributed by atoms with Gasteiger partial charge in [0.05, 0.1) is 7.11 Å². The molecule has 1 amide bonds. The van der Waals surface area contributed by atoms with Crippen LogP contribution in [0, 0.1) is 12.8 Å². The van der Waals surface area contributed by atoms with E-state index in [-0.39, 0.29) is 11.8 Å². The number of nitrogens with zero attached hydrogens (tertiary/aromatic N) is 3. The summed E-state index contributed by atoms with van der Waals surface area (Å²) < 4.78 is 5.07. The molecule has 1 fully saturated rings.